The molecule has 2 heterocycles. The maximum atomic E-state index is 12.5. The van der Waals surface area contributed by atoms with Crippen molar-refractivity contribution in [2.45, 2.75) is 38.6 Å². The first-order chi connectivity index (χ1) is 12.7. The number of hydrogen-bond donors (Lipinski definition) is 0. The number of hydrogen-bond acceptors (Lipinski definition) is 4. The van der Waals surface area contributed by atoms with Gasteiger partial charge in [-0.1, -0.05) is 12.1 Å². The van der Waals surface area contributed by atoms with Crippen molar-refractivity contribution in [1.82, 2.24) is 9.80 Å². The zero-order valence-electron chi connectivity index (χ0n) is 15.6. The number of methoxy groups -OCH3 is 1. The first-order valence-corrected chi connectivity index (χ1v) is 9.08. The van der Waals surface area contributed by atoms with Gasteiger partial charge in [0.05, 0.1) is 7.11 Å². The van der Waals surface area contributed by atoms with Gasteiger partial charge in [0, 0.05) is 32.7 Å². The molecule has 1 aromatic carbocycles. The lowest BCUT2D eigenvalue weighted by atomic mass is 9.72. The zero-order chi connectivity index (χ0) is 19.7. The predicted molar refractivity (Wildman–Crippen MR) is 93.5 cm³/mol. The molecule has 8 heteroatoms. The second-order valence-corrected chi connectivity index (χ2v) is 7.55. The molecule has 1 amide bonds. The normalized spacial score (nSPS) is 20.9. The number of alkyl halides is 3. The molecule has 2 fully saturated rings. The van der Waals surface area contributed by atoms with Gasteiger partial charge < -0.3 is 14.4 Å². The van der Waals surface area contributed by atoms with Crippen molar-refractivity contribution < 1.29 is 27.4 Å². The van der Waals surface area contributed by atoms with Gasteiger partial charge in [-0.3, -0.25) is 4.90 Å². The fourth-order valence-electron chi connectivity index (χ4n) is 3.82. The van der Waals surface area contributed by atoms with Crippen LogP contribution in [0.25, 0.3) is 0 Å². The highest BCUT2D eigenvalue weighted by Crippen LogP contribution is 2.41. The Kier molecular flexibility index (Phi) is 5.55. The lowest BCUT2D eigenvalue weighted by Crippen LogP contribution is -2.60. The van der Waals surface area contributed by atoms with E-state index < -0.39 is 18.4 Å². The first kappa shape index (κ1) is 19.8. The summed E-state index contributed by atoms with van der Waals surface area (Å²) in [6.45, 7) is 4.45. The van der Waals surface area contributed by atoms with Gasteiger partial charge in [-0.2, -0.15) is 13.2 Å². The van der Waals surface area contributed by atoms with Crippen LogP contribution in [0.4, 0.5) is 18.0 Å². The van der Waals surface area contributed by atoms with Crippen molar-refractivity contribution in [2.75, 3.05) is 33.3 Å². The Morgan fingerprint density at radius 1 is 1.26 bits per heavy atom. The minimum atomic E-state index is -4.53. The highest BCUT2D eigenvalue weighted by atomic mass is 19.4. The highest BCUT2D eigenvalue weighted by molar-refractivity contribution is 5.68. The molecule has 0 aliphatic carbocycles. The SMILES string of the molecule is COc1cccc(CN2CC3(CCN(C(=O)OC(C)C(F)(F)F)CC3)C2)c1. The summed E-state index contributed by atoms with van der Waals surface area (Å²) in [4.78, 5) is 15.6. The second kappa shape index (κ2) is 7.58. The van der Waals surface area contributed by atoms with Gasteiger partial charge in [0.15, 0.2) is 6.10 Å². The van der Waals surface area contributed by atoms with Crippen molar-refractivity contribution >= 4 is 6.09 Å². The number of carbonyl (C=O) groups is 1. The average Bonchev–Trinajstić information content (AvgIpc) is 2.60. The van der Waals surface area contributed by atoms with Crippen LogP contribution in [-0.2, 0) is 11.3 Å². The predicted octanol–water partition coefficient (Wildman–Crippen LogP) is 3.68. The monoisotopic (exact) mass is 386 g/mol. The van der Waals surface area contributed by atoms with E-state index in [1.807, 2.05) is 18.2 Å². The summed E-state index contributed by atoms with van der Waals surface area (Å²) in [5.41, 5.74) is 1.34. The fraction of sp³-hybridized carbons (Fsp3) is 0.632. The van der Waals surface area contributed by atoms with Gasteiger partial charge in [0.1, 0.15) is 5.75 Å². The summed E-state index contributed by atoms with van der Waals surface area (Å²) in [5, 5.41) is 0. The average molecular weight is 386 g/mol. The third-order valence-electron chi connectivity index (χ3n) is 5.48. The summed E-state index contributed by atoms with van der Waals surface area (Å²) in [6, 6.07) is 7.96. The van der Waals surface area contributed by atoms with Crippen molar-refractivity contribution in [3.8, 4) is 5.75 Å². The molecule has 0 bridgehead atoms. The molecule has 0 saturated carbocycles. The molecule has 0 aromatic heterocycles. The molecule has 3 rings (SSSR count). The maximum Gasteiger partial charge on any atom is 0.425 e. The molecule has 1 unspecified atom stereocenters. The molecule has 27 heavy (non-hydrogen) atoms. The number of likely N-dealkylation sites (tertiary alicyclic amines) is 2. The van der Waals surface area contributed by atoms with E-state index in [4.69, 9.17) is 4.74 Å². The number of ether oxygens (including phenoxy) is 2. The van der Waals surface area contributed by atoms with Crippen LogP contribution in [0.1, 0.15) is 25.3 Å². The molecule has 5 nitrogen and oxygen atoms in total. The lowest BCUT2D eigenvalue weighted by Gasteiger charge is -2.54. The third kappa shape index (κ3) is 4.66. The number of carbonyl (C=O) groups excluding carboxylic acids is 1. The van der Waals surface area contributed by atoms with E-state index >= 15 is 0 Å². The van der Waals surface area contributed by atoms with Gasteiger partial charge >= 0.3 is 12.3 Å². The number of piperidine rings is 1. The summed E-state index contributed by atoms with van der Waals surface area (Å²) in [6.07, 6.45) is -5.90. The first-order valence-electron chi connectivity index (χ1n) is 9.08. The van der Waals surface area contributed by atoms with Gasteiger partial charge in [0.25, 0.3) is 0 Å². The van der Waals surface area contributed by atoms with Crippen LogP contribution in [0.15, 0.2) is 24.3 Å². The van der Waals surface area contributed by atoms with Gasteiger partial charge in [-0.15, -0.1) is 0 Å². The Labute approximate surface area is 157 Å². The lowest BCUT2D eigenvalue weighted by molar-refractivity contribution is -0.200. The Balaban J connectivity index is 1.44. The maximum absolute atomic E-state index is 12.5. The van der Waals surface area contributed by atoms with E-state index in [2.05, 4.69) is 15.7 Å². The second-order valence-electron chi connectivity index (χ2n) is 7.55. The van der Waals surface area contributed by atoms with E-state index in [1.54, 1.807) is 7.11 Å². The van der Waals surface area contributed by atoms with Crippen molar-refractivity contribution in [1.29, 1.82) is 0 Å². The van der Waals surface area contributed by atoms with Crippen LogP contribution in [-0.4, -0.2) is 61.5 Å². The molecule has 1 spiro atoms. The number of halogens is 3. The van der Waals surface area contributed by atoms with E-state index in [1.165, 1.54) is 10.5 Å². The standard InChI is InChI=1S/C19H25F3N2O3/c1-14(19(20,21)22)27-17(25)24-8-6-18(7-9-24)12-23(13-18)11-15-4-3-5-16(10-15)26-2/h3-5,10,14H,6-9,11-13H2,1-2H3. The van der Waals surface area contributed by atoms with E-state index in [9.17, 15) is 18.0 Å². The van der Waals surface area contributed by atoms with E-state index in [0.29, 0.717) is 13.1 Å². The minimum Gasteiger partial charge on any atom is -0.497 e. The van der Waals surface area contributed by atoms with Crippen LogP contribution in [0, 0.1) is 5.41 Å². The van der Waals surface area contributed by atoms with Crippen LogP contribution >= 0.6 is 0 Å². The van der Waals surface area contributed by atoms with E-state index in [0.717, 1.165) is 45.1 Å². The Morgan fingerprint density at radius 3 is 2.52 bits per heavy atom. The number of rotatable bonds is 4. The van der Waals surface area contributed by atoms with Crippen LogP contribution in [0.5, 0.6) is 5.75 Å². The van der Waals surface area contributed by atoms with Crippen molar-refractivity contribution in [3.05, 3.63) is 29.8 Å². The highest BCUT2D eigenvalue weighted by Gasteiger charge is 2.46. The molecule has 2 saturated heterocycles. The van der Waals surface area contributed by atoms with Crippen LogP contribution in [0.2, 0.25) is 0 Å². The fourth-order valence-corrected chi connectivity index (χ4v) is 3.82. The topological polar surface area (TPSA) is 42.0 Å². The van der Waals surface area contributed by atoms with Gasteiger partial charge in [-0.25, -0.2) is 4.79 Å². The largest absolute Gasteiger partial charge is 0.497 e. The molecule has 2 aliphatic heterocycles. The zero-order valence-corrected chi connectivity index (χ0v) is 15.6. The molecule has 150 valence electrons. The molecular weight excluding hydrogens is 361 g/mol. The smallest absolute Gasteiger partial charge is 0.425 e. The molecular formula is C19H25F3N2O3. The van der Waals surface area contributed by atoms with Gasteiger partial charge in [-0.05, 0) is 42.9 Å². The Morgan fingerprint density at radius 2 is 1.93 bits per heavy atom. The number of benzene rings is 1. The third-order valence-corrected chi connectivity index (χ3v) is 5.48. The summed E-state index contributed by atoms with van der Waals surface area (Å²) >= 11 is 0. The molecule has 1 atom stereocenters. The van der Waals surface area contributed by atoms with Crippen LogP contribution in [0.3, 0.4) is 0 Å². The summed E-state index contributed by atoms with van der Waals surface area (Å²) in [7, 11) is 1.64. The Hall–Kier alpha value is -1.96. The number of nitrogens with zero attached hydrogens (tertiary/aromatic N) is 2. The Bertz CT molecular complexity index is 664. The van der Waals surface area contributed by atoms with E-state index in [-0.39, 0.29) is 5.41 Å². The van der Waals surface area contributed by atoms with Crippen molar-refractivity contribution in [3.63, 3.8) is 0 Å². The van der Waals surface area contributed by atoms with Gasteiger partial charge in [0.2, 0.25) is 0 Å². The van der Waals surface area contributed by atoms with Crippen LogP contribution < -0.4 is 4.74 Å². The van der Waals surface area contributed by atoms with Crippen molar-refractivity contribution in [2.24, 2.45) is 5.41 Å². The molecule has 2 aliphatic rings. The molecule has 0 N–H and O–H groups in total. The number of amides is 1. The summed E-state index contributed by atoms with van der Waals surface area (Å²) in [5.74, 6) is 0.836. The summed E-state index contributed by atoms with van der Waals surface area (Å²) < 4.78 is 47.4. The molecule has 1 aromatic rings. The molecule has 0 radical (unpaired) electrons. The minimum absolute atomic E-state index is 0.158. The quantitative estimate of drug-likeness (QED) is 0.792.